The molecule has 2 aromatic carbocycles. The van der Waals surface area contributed by atoms with Crippen molar-refractivity contribution in [2.45, 2.75) is 13.2 Å². The second-order valence-corrected chi connectivity index (χ2v) is 4.40. The van der Waals surface area contributed by atoms with Gasteiger partial charge in [-0.15, -0.1) is 0 Å². The largest absolute Gasteiger partial charge is 0.434 e. The van der Waals surface area contributed by atoms with E-state index in [0.29, 0.717) is 10.6 Å². The predicted octanol–water partition coefficient (Wildman–Crippen LogP) is 4.69. The minimum atomic E-state index is -2.93. The van der Waals surface area contributed by atoms with Crippen molar-refractivity contribution in [3.05, 3.63) is 58.9 Å². The maximum Gasteiger partial charge on any atom is 0.387 e. The van der Waals surface area contributed by atoms with Crippen LogP contribution in [0.15, 0.2) is 42.5 Å². The van der Waals surface area contributed by atoms with Crippen molar-refractivity contribution in [2.75, 3.05) is 5.32 Å². The molecule has 0 aromatic heterocycles. The number of ether oxygens (including phenoxy) is 1. The summed E-state index contributed by atoms with van der Waals surface area (Å²) in [5.74, 6) is -0.418. The topological polar surface area (TPSA) is 21.3 Å². The summed E-state index contributed by atoms with van der Waals surface area (Å²) in [5, 5.41) is 3.20. The van der Waals surface area contributed by atoms with Gasteiger partial charge in [-0.25, -0.2) is 4.39 Å². The quantitative estimate of drug-likeness (QED) is 0.865. The van der Waals surface area contributed by atoms with Crippen molar-refractivity contribution in [1.82, 2.24) is 0 Å². The maximum absolute atomic E-state index is 13.4. The van der Waals surface area contributed by atoms with Crippen LogP contribution in [-0.2, 0) is 6.54 Å². The number of hydrogen-bond donors (Lipinski definition) is 1. The molecule has 0 amide bonds. The molecule has 20 heavy (non-hydrogen) atoms. The summed E-state index contributed by atoms with van der Waals surface area (Å²) in [7, 11) is 0. The van der Waals surface area contributed by atoms with Crippen LogP contribution >= 0.6 is 11.6 Å². The standard InChI is InChI=1S/C14H11ClF3NO/c15-10-5-6-13(20-14(17)18)9(7-10)8-19-12-4-2-1-3-11(12)16/h1-7,14,19H,8H2. The highest BCUT2D eigenvalue weighted by atomic mass is 35.5. The Hall–Kier alpha value is -1.88. The number of para-hydroxylation sites is 1. The van der Waals surface area contributed by atoms with Gasteiger partial charge >= 0.3 is 6.61 Å². The average molecular weight is 302 g/mol. The lowest BCUT2D eigenvalue weighted by Crippen LogP contribution is -2.07. The number of benzene rings is 2. The summed E-state index contributed by atoms with van der Waals surface area (Å²) in [4.78, 5) is 0. The Morgan fingerprint density at radius 3 is 2.60 bits per heavy atom. The number of rotatable bonds is 5. The lowest BCUT2D eigenvalue weighted by Gasteiger charge is -2.13. The van der Waals surface area contributed by atoms with E-state index in [2.05, 4.69) is 10.1 Å². The van der Waals surface area contributed by atoms with Gasteiger partial charge in [-0.3, -0.25) is 0 Å². The molecule has 0 atom stereocenters. The van der Waals surface area contributed by atoms with Gasteiger partial charge in [0.15, 0.2) is 0 Å². The van der Waals surface area contributed by atoms with Gasteiger partial charge in [0.25, 0.3) is 0 Å². The summed E-state index contributed by atoms with van der Waals surface area (Å²) in [6.07, 6.45) is 0. The van der Waals surface area contributed by atoms with Crippen LogP contribution < -0.4 is 10.1 Å². The van der Waals surface area contributed by atoms with E-state index in [1.165, 1.54) is 24.3 Å². The van der Waals surface area contributed by atoms with Crippen LogP contribution in [0.5, 0.6) is 5.75 Å². The minimum absolute atomic E-state index is 0.00763. The van der Waals surface area contributed by atoms with E-state index in [1.54, 1.807) is 18.2 Å². The molecule has 2 aromatic rings. The second kappa shape index (κ2) is 6.52. The molecule has 0 fully saturated rings. The molecule has 106 valence electrons. The molecule has 0 spiro atoms. The minimum Gasteiger partial charge on any atom is -0.434 e. The lowest BCUT2D eigenvalue weighted by atomic mass is 10.2. The molecule has 0 heterocycles. The molecular weight excluding hydrogens is 291 g/mol. The predicted molar refractivity (Wildman–Crippen MR) is 71.8 cm³/mol. The fourth-order valence-corrected chi connectivity index (χ4v) is 1.89. The van der Waals surface area contributed by atoms with Crippen LogP contribution in [0.3, 0.4) is 0 Å². The molecule has 0 saturated heterocycles. The van der Waals surface area contributed by atoms with Gasteiger partial charge in [0.2, 0.25) is 0 Å². The van der Waals surface area contributed by atoms with Gasteiger partial charge < -0.3 is 10.1 Å². The molecule has 6 heteroatoms. The molecule has 1 N–H and O–H groups in total. The monoisotopic (exact) mass is 301 g/mol. The van der Waals surface area contributed by atoms with E-state index >= 15 is 0 Å². The van der Waals surface area contributed by atoms with Gasteiger partial charge in [-0.2, -0.15) is 8.78 Å². The van der Waals surface area contributed by atoms with Crippen LogP contribution in [0.4, 0.5) is 18.9 Å². The first kappa shape index (κ1) is 14.5. The van der Waals surface area contributed by atoms with E-state index in [1.807, 2.05) is 0 Å². The van der Waals surface area contributed by atoms with Crippen LogP contribution in [0.2, 0.25) is 5.02 Å². The highest BCUT2D eigenvalue weighted by Gasteiger charge is 2.10. The zero-order valence-corrected chi connectivity index (χ0v) is 11.0. The Morgan fingerprint density at radius 2 is 1.90 bits per heavy atom. The Labute approximate surface area is 119 Å². The Balaban J connectivity index is 2.16. The van der Waals surface area contributed by atoms with Crippen LogP contribution in [-0.4, -0.2) is 6.61 Å². The summed E-state index contributed by atoms with van der Waals surface area (Å²) >= 11 is 5.82. The van der Waals surface area contributed by atoms with E-state index in [4.69, 9.17) is 11.6 Å². The zero-order chi connectivity index (χ0) is 14.5. The molecule has 0 aliphatic carbocycles. The molecule has 2 rings (SSSR count). The van der Waals surface area contributed by atoms with Crippen LogP contribution in [0.25, 0.3) is 0 Å². The fraction of sp³-hybridized carbons (Fsp3) is 0.143. The number of hydrogen-bond acceptors (Lipinski definition) is 2. The normalized spacial score (nSPS) is 10.7. The van der Waals surface area contributed by atoms with E-state index < -0.39 is 12.4 Å². The van der Waals surface area contributed by atoms with E-state index in [9.17, 15) is 13.2 Å². The van der Waals surface area contributed by atoms with Gasteiger partial charge in [0, 0.05) is 17.1 Å². The molecule has 0 aliphatic rings. The van der Waals surface area contributed by atoms with Gasteiger partial charge in [0.1, 0.15) is 11.6 Å². The lowest BCUT2D eigenvalue weighted by molar-refractivity contribution is -0.0504. The summed E-state index contributed by atoms with van der Waals surface area (Å²) < 4.78 is 42.4. The third kappa shape index (κ3) is 3.81. The molecular formula is C14H11ClF3NO. The van der Waals surface area contributed by atoms with Crippen molar-refractivity contribution in [1.29, 1.82) is 0 Å². The third-order valence-corrected chi connectivity index (χ3v) is 2.82. The van der Waals surface area contributed by atoms with Crippen molar-refractivity contribution in [3.63, 3.8) is 0 Å². The number of halogens is 4. The maximum atomic E-state index is 13.4. The van der Waals surface area contributed by atoms with Crippen molar-refractivity contribution >= 4 is 17.3 Å². The third-order valence-electron chi connectivity index (χ3n) is 2.58. The molecule has 0 radical (unpaired) electrons. The molecule has 0 aliphatic heterocycles. The summed E-state index contributed by atoms with van der Waals surface area (Å²) in [6.45, 7) is -2.81. The van der Waals surface area contributed by atoms with E-state index in [0.717, 1.165) is 0 Å². The summed E-state index contributed by atoms with van der Waals surface area (Å²) in [6, 6.07) is 10.4. The fourth-order valence-electron chi connectivity index (χ4n) is 1.69. The van der Waals surface area contributed by atoms with Crippen molar-refractivity contribution in [2.24, 2.45) is 0 Å². The van der Waals surface area contributed by atoms with E-state index in [-0.39, 0.29) is 18.0 Å². The second-order valence-electron chi connectivity index (χ2n) is 3.96. The smallest absolute Gasteiger partial charge is 0.387 e. The number of nitrogens with one attached hydrogen (secondary N) is 1. The van der Waals surface area contributed by atoms with Gasteiger partial charge in [-0.1, -0.05) is 23.7 Å². The summed E-state index contributed by atoms with van der Waals surface area (Å²) in [5.41, 5.74) is 0.691. The van der Waals surface area contributed by atoms with Crippen LogP contribution in [0, 0.1) is 5.82 Å². The molecule has 0 bridgehead atoms. The van der Waals surface area contributed by atoms with Crippen molar-refractivity contribution < 1.29 is 17.9 Å². The highest BCUT2D eigenvalue weighted by molar-refractivity contribution is 6.30. The average Bonchev–Trinajstić information content (AvgIpc) is 2.40. The SMILES string of the molecule is Fc1ccccc1NCc1cc(Cl)ccc1OC(F)F. The first-order chi connectivity index (χ1) is 9.56. The molecule has 2 nitrogen and oxygen atoms in total. The number of alkyl halides is 2. The molecule has 0 saturated carbocycles. The number of anilines is 1. The molecule has 0 unspecified atom stereocenters. The Morgan fingerprint density at radius 1 is 1.15 bits per heavy atom. The van der Waals surface area contributed by atoms with Gasteiger partial charge in [-0.05, 0) is 30.3 Å². The Bertz CT molecular complexity index is 592. The zero-order valence-electron chi connectivity index (χ0n) is 10.2. The van der Waals surface area contributed by atoms with Gasteiger partial charge in [0.05, 0.1) is 5.69 Å². The van der Waals surface area contributed by atoms with Crippen LogP contribution in [0.1, 0.15) is 5.56 Å². The Kier molecular flexibility index (Phi) is 4.74. The first-order valence-electron chi connectivity index (χ1n) is 5.78. The highest BCUT2D eigenvalue weighted by Crippen LogP contribution is 2.25. The first-order valence-corrected chi connectivity index (χ1v) is 6.15. The van der Waals surface area contributed by atoms with Crippen molar-refractivity contribution in [3.8, 4) is 5.75 Å².